The molecular formula is C18H26BrNO2. The summed E-state index contributed by atoms with van der Waals surface area (Å²) < 4.78 is 6.97. The van der Waals surface area contributed by atoms with Crippen LogP contribution in [-0.4, -0.2) is 29.5 Å². The van der Waals surface area contributed by atoms with Gasteiger partial charge in [-0.2, -0.15) is 0 Å². The second-order valence-electron chi connectivity index (χ2n) is 6.47. The zero-order chi connectivity index (χ0) is 16.4. The van der Waals surface area contributed by atoms with E-state index in [1.165, 1.54) is 12.0 Å². The molecule has 2 atom stereocenters. The minimum Gasteiger partial charge on any atom is -0.483 e. The molecule has 1 saturated heterocycles. The van der Waals surface area contributed by atoms with Gasteiger partial charge in [0.2, 0.25) is 0 Å². The van der Waals surface area contributed by atoms with Gasteiger partial charge in [0.05, 0.1) is 0 Å². The molecule has 3 nitrogen and oxygen atoms in total. The molecule has 0 aliphatic carbocycles. The highest BCUT2D eigenvalue weighted by Gasteiger charge is 2.29. The molecule has 0 spiro atoms. The molecule has 1 aliphatic heterocycles. The average Bonchev–Trinajstić information content (AvgIpc) is 2.47. The number of halogens is 1. The van der Waals surface area contributed by atoms with E-state index in [2.05, 4.69) is 36.7 Å². The maximum atomic E-state index is 12.5. The zero-order valence-corrected chi connectivity index (χ0v) is 15.8. The lowest BCUT2D eigenvalue weighted by atomic mass is 9.97. The molecule has 0 N–H and O–H groups in total. The van der Waals surface area contributed by atoms with Crippen molar-refractivity contribution in [2.45, 2.75) is 66.0 Å². The van der Waals surface area contributed by atoms with Gasteiger partial charge < -0.3 is 9.64 Å². The van der Waals surface area contributed by atoms with Gasteiger partial charge in [-0.05, 0) is 76.6 Å². The number of hydrogen-bond acceptors (Lipinski definition) is 2. The van der Waals surface area contributed by atoms with Crippen molar-refractivity contribution in [1.82, 2.24) is 4.90 Å². The highest BCUT2D eigenvalue weighted by Crippen LogP contribution is 2.31. The maximum Gasteiger partial charge on any atom is 0.260 e. The van der Waals surface area contributed by atoms with Crippen LogP contribution in [0, 0.1) is 20.8 Å². The van der Waals surface area contributed by atoms with Crippen LogP contribution in [0.25, 0.3) is 0 Å². The van der Waals surface area contributed by atoms with Gasteiger partial charge in [-0.15, -0.1) is 0 Å². The number of rotatable bonds is 3. The monoisotopic (exact) mass is 367 g/mol. The second kappa shape index (κ2) is 7.03. The van der Waals surface area contributed by atoms with Gasteiger partial charge in [-0.3, -0.25) is 4.79 Å². The summed E-state index contributed by atoms with van der Waals surface area (Å²) in [6, 6.07) is 2.63. The summed E-state index contributed by atoms with van der Waals surface area (Å²) in [7, 11) is 0. The van der Waals surface area contributed by atoms with Gasteiger partial charge in [-0.25, -0.2) is 0 Å². The van der Waals surface area contributed by atoms with Crippen molar-refractivity contribution in [2.24, 2.45) is 0 Å². The van der Waals surface area contributed by atoms with Crippen molar-refractivity contribution in [1.29, 1.82) is 0 Å². The lowest BCUT2D eigenvalue weighted by molar-refractivity contribution is -0.139. The molecule has 22 heavy (non-hydrogen) atoms. The Morgan fingerprint density at radius 3 is 2.41 bits per heavy atom. The molecule has 0 aromatic heterocycles. The van der Waals surface area contributed by atoms with Crippen LogP contribution in [0.1, 0.15) is 49.8 Å². The van der Waals surface area contributed by atoms with Crippen LogP contribution in [0.15, 0.2) is 10.5 Å². The van der Waals surface area contributed by atoms with Gasteiger partial charge in [0, 0.05) is 16.6 Å². The SMILES string of the molecule is Cc1cc(OCC(=O)N2C(C)CCCC2C)c(C)c(C)c1Br. The number of ether oxygens (including phenoxy) is 1. The first-order valence-corrected chi connectivity index (χ1v) is 8.82. The third-order valence-electron chi connectivity index (χ3n) is 4.79. The van der Waals surface area contributed by atoms with E-state index in [9.17, 15) is 4.79 Å². The Hall–Kier alpha value is -1.03. The Bertz CT molecular complexity index is 561. The Morgan fingerprint density at radius 1 is 1.23 bits per heavy atom. The number of carbonyl (C=O) groups is 1. The summed E-state index contributed by atoms with van der Waals surface area (Å²) in [6.07, 6.45) is 3.38. The summed E-state index contributed by atoms with van der Waals surface area (Å²) in [5.41, 5.74) is 3.39. The lowest BCUT2D eigenvalue weighted by Gasteiger charge is -2.39. The number of aryl methyl sites for hydroxylation is 1. The van der Waals surface area contributed by atoms with Crippen LogP contribution < -0.4 is 4.74 Å². The number of nitrogens with zero attached hydrogens (tertiary/aromatic N) is 1. The summed E-state index contributed by atoms with van der Waals surface area (Å²) in [5.74, 6) is 0.904. The Balaban J connectivity index is 2.08. The van der Waals surface area contributed by atoms with Crippen LogP contribution in [0.4, 0.5) is 0 Å². The highest BCUT2D eigenvalue weighted by atomic mass is 79.9. The summed E-state index contributed by atoms with van der Waals surface area (Å²) in [6.45, 7) is 10.5. The molecule has 1 heterocycles. The molecule has 0 bridgehead atoms. The largest absolute Gasteiger partial charge is 0.483 e. The number of benzene rings is 1. The molecule has 1 amide bonds. The van der Waals surface area contributed by atoms with Gasteiger partial charge in [0.15, 0.2) is 6.61 Å². The molecule has 1 aromatic rings. The smallest absolute Gasteiger partial charge is 0.260 e. The standard InChI is InChI=1S/C18H26BrNO2/c1-11-9-16(14(4)15(5)18(11)19)22-10-17(21)20-12(2)7-6-8-13(20)3/h9,12-13H,6-8,10H2,1-5H3. The number of hydrogen-bond donors (Lipinski definition) is 0. The number of piperidine rings is 1. The van der Waals surface area contributed by atoms with Crippen molar-refractivity contribution in [3.8, 4) is 5.75 Å². The maximum absolute atomic E-state index is 12.5. The molecule has 122 valence electrons. The van der Waals surface area contributed by atoms with E-state index < -0.39 is 0 Å². The number of carbonyl (C=O) groups excluding carboxylic acids is 1. The van der Waals surface area contributed by atoms with Gasteiger partial charge in [0.25, 0.3) is 5.91 Å². The fraction of sp³-hybridized carbons (Fsp3) is 0.611. The van der Waals surface area contributed by atoms with Gasteiger partial charge in [-0.1, -0.05) is 15.9 Å². The second-order valence-corrected chi connectivity index (χ2v) is 7.27. The Morgan fingerprint density at radius 2 is 1.82 bits per heavy atom. The Labute approximate surface area is 142 Å². The predicted octanol–water partition coefficient (Wildman–Crippen LogP) is 4.54. The first-order valence-electron chi connectivity index (χ1n) is 8.03. The zero-order valence-electron chi connectivity index (χ0n) is 14.2. The minimum atomic E-state index is 0.0947. The molecule has 1 aliphatic rings. The van der Waals surface area contributed by atoms with E-state index in [1.54, 1.807) is 0 Å². The van der Waals surface area contributed by atoms with Crippen LogP contribution >= 0.6 is 15.9 Å². The van der Waals surface area contributed by atoms with Crippen LogP contribution in [0.2, 0.25) is 0 Å². The summed E-state index contributed by atoms with van der Waals surface area (Å²) in [5, 5.41) is 0. The van der Waals surface area contributed by atoms with Crippen molar-refractivity contribution in [3.05, 3.63) is 27.2 Å². The van der Waals surface area contributed by atoms with Crippen LogP contribution in [0.3, 0.4) is 0 Å². The molecule has 0 radical (unpaired) electrons. The third-order valence-corrected chi connectivity index (χ3v) is 6.01. The van der Waals surface area contributed by atoms with Crippen LogP contribution in [-0.2, 0) is 4.79 Å². The van der Waals surface area contributed by atoms with E-state index in [-0.39, 0.29) is 12.5 Å². The highest BCUT2D eigenvalue weighted by molar-refractivity contribution is 9.10. The van der Waals surface area contributed by atoms with E-state index in [1.807, 2.05) is 24.8 Å². The van der Waals surface area contributed by atoms with Gasteiger partial charge >= 0.3 is 0 Å². The number of likely N-dealkylation sites (tertiary alicyclic amines) is 1. The predicted molar refractivity (Wildman–Crippen MR) is 93.5 cm³/mol. The summed E-state index contributed by atoms with van der Waals surface area (Å²) in [4.78, 5) is 14.5. The van der Waals surface area contributed by atoms with E-state index in [0.29, 0.717) is 12.1 Å². The fourth-order valence-electron chi connectivity index (χ4n) is 3.29. The molecular weight excluding hydrogens is 342 g/mol. The molecule has 2 unspecified atom stereocenters. The van der Waals surface area contributed by atoms with Crippen LogP contribution in [0.5, 0.6) is 5.75 Å². The van der Waals surface area contributed by atoms with E-state index >= 15 is 0 Å². The fourth-order valence-corrected chi connectivity index (χ4v) is 3.70. The van der Waals surface area contributed by atoms with Crippen molar-refractivity contribution in [3.63, 3.8) is 0 Å². The quantitative estimate of drug-likeness (QED) is 0.784. The minimum absolute atomic E-state index is 0.0947. The first-order chi connectivity index (χ1) is 10.3. The van der Waals surface area contributed by atoms with E-state index in [4.69, 9.17) is 4.74 Å². The Kier molecular flexibility index (Phi) is 5.54. The lowest BCUT2D eigenvalue weighted by Crippen LogP contribution is -2.49. The van der Waals surface area contributed by atoms with E-state index in [0.717, 1.165) is 34.2 Å². The molecule has 4 heteroatoms. The first kappa shape index (κ1) is 17.3. The molecule has 1 fully saturated rings. The number of amides is 1. The topological polar surface area (TPSA) is 29.5 Å². The van der Waals surface area contributed by atoms with Crippen molar-refractivity contribution >= 4 is 21.8 Å². The molecule has 0 saturated carbocycles. The molecule has 1 aromatic carbocycles. The molecule has 2 rings (SSSR count). The normalized spacial score (nSPS) is 21.8. The average molecular weight is 368 g/mol. The van der Waals surface area contributed by atoms with Gasteiger partial charge in [0.1, 0.15) is 5.75 Å². The third kappa shape index (κ3) is 3.48. The van der Waals surface area contributed by atoms with Crippen molar-refractivity contribution < 1.29 is 9.53 Å². The summed E-state index contributed by atoms with van der Waals surface area (Å²) >= 11 is 3.59. The van der Waals surface area contributed by atoms with Crippen molar-refractivity contribution in [2.75, 3.05) is 6.61 Å².